The van der Waals surface area contributed by atoms with Gasteiger partial charge in [0, 0.05) is 12.6 Å². The largest absolute Gasteiger partial charge is 0.304 e. The molecule has 0 aliphatic rings. The van der Waals surface area contributed by atoms with E-state index < -0.39 is 0 Å². The highest BCUT2D eigenvalue weighted by atomic mass is 32.1. The number of nitrogens with zero attached hydrogens (tertiary/aromatic N) is 1. The summed E-state index contributed by atoms with van der Waals surface area (Å²) in [7, 11) is 0. The lowest BCUT2D eigenvalue weighted by Gasteiger charge is -2.13. The van der Waals surface area contributed by atoms with Gasteiger partial charge in [-0.05, 0) is 36.8 Å². The van der Waals surface area contributed by atoms with Gasteiger partial charge in [0.1, 0.15) is 10.8 Å². The lowest BCUT2D eigenvalue weighted by molar-refractivity contribution is 0.564. The molecule has 2 nitrogen and oxygen atoms in total. The number of rotatable bonds is 4. The lowest BCUT2D eigenvalue weighted by Crippen LogP contribution is -2.18. The highest BCUT2D eigenvalue weighted by Crippen LogP contribution is 2.22. The first kappa shape index (κ1) is 13.2. The van der Waals surface area contributed by atoms with Crippen molar-refractivity contribution in [3.63, 3.8) is 0 Å². The third kappa shape index (κ3) is 2.86. The number of halogens is 1. The van der Waals surface area contributed by atoms with E-state index in [1.807, 2.05) is 31.2 Å². The van der Waals surface area contributed by atoms with Crippen molar-refractivity contribution in [2.45, 2.75) is 19.5 Å². The average molecular weight is 286 g/mol. The minimum absolute atomic E-state index is 0.0951. The van der Waals surface area contributed by atoms with Gasteiger partial charge in [-0.25, -0.2) is 9.37 Å². The standard InChI is InChI=1S/C16H15FN2S/c1-11(12-5-4-6-13(17)9-12)18-10-16-19-14-7-2-3-8-15(14)20-16/h2-9,11,18H,10H2,1H3. The molecule has 1 unspecified atom stereocenters. The fourth-order valence-electron chi connectivity index (χ4n) is 2.13. The number of hydrogen-bond donors (Lipinski definition) is 1. The molecule has 102 valence electrons. The smallest absolute Gasteiger partial charge is 0.123 e. The minimum Gasteiger partial charge on any atom is -0.304 e. The maximum atomic E-state index is 13.2. The predicted molar refractivity (Wildman–Crippen MR) is 81.3 cm³/mol. The van der Waals surface area contributed by atoms with Crippen LogP contribution in [0.1, 0.15) is 23.5 Å². The van der Waals surface area contributed by atoms with Crippen molar-refractivity contribution in [2.24, 2.45) is 0 Å². The van der Waals surface area contributed by atoms with E-state index in [2.05, 4.69) is 16.4 Å². The summed E-state index contributed by atoms with van der Waals surface area (Å²) < 4.78 is 14.4. The summed E-state index contributed by atoms with van der Waals surface area (Å²) in [6.45, 7) is 2.72. The third-order valence-corrected chi connectivity index (χ3v) is 4.28. The predicted octanol–water partition coefficient (Wildman–Crippen LogP) is 4.29. The molecule has 3 aromatic rings. The molecule has 0 aliphatic heterocycles. The molecule has 0 radical (unpaired) electrons. The van der Waals surface area contributed by atoms with Crippen LogP contribution in [-0.4, -0.2) is 4.98 Å². The van der Waals surface area contributed by atoms with Crippen molar-refractivity contribution in [1.29, 1.82) is 0 Å². The number of para-hydroxylation sites is 1. The van der Waals surface area contributed by atoms with E-state index in [0.717, 1.165) is 16.1 Å². The molecule has 1 N–H and O–H groups in total. The van der Waals surface area contributed by atoms with Crippen LogP contribution < -0.4 is 5.32 Å². The molecule has 1 aromatic heterocycles. The summed E-state index contributed by atoms with van der Waals surface area (Å²) in [5, 5.41) is 4.44. The fourth-order valence-corrected chi connectivity index (χ4v) is 3.05. The Kier molecular flexibility index (Phi) is 3.76. The molecule has 2 aromatic carbocycles. The van der Waals surface area contributed by atoms with E-state index in [1.54, 1.807) is 23.5 Å². The number of benzene rings is 2. The Labute approximate surface area is 121 Å². The molecular weight excluding hydrogens is 271 g/mol. The van der Waals surface area contributed by atoms with Gasteiger partial charge in [0.25, 0.3) is 0 Å². The second-order valence-electron chi connectivity index (χ2n) is 4.73. The monoisotopic (exact) mass is 286 g/mol. The second kappa shape index (κ2) is 5.69. The first-order chi connectivity index (χ1) is 9.72. The molecule has 1 heterocycles. The molecule has 0 spiro atoms. The number of hydrogen-bond acceptors (Lipinski definition) is 3. The van der Waals surface area contributed by atoms with E-state index in [1.165, 1.54) is 10.8 Å². The molecule has 20 heavy (non-hydrogen) atoms. The Hall–Kier alpha value is -1.78. The van der Waals surface area contributed by atoms with Gasteiger partial charge in [0.2, 0.25) is 0 Å². The Morgan fingerprint density at radius 3 is 2.85 bits per heavy atom. The van der Waals surface area contributed by atoms with E-state index >= 15 is 0 Å². The van der Waals surface area contributed by atoms with Crippen LogP contribution in [0.3, 0.4) is 0 Å². The zero-order chi connectivity index (χ0) is 13.9. The van der Waals surface area contributed by atoms with Crippen LogP contribution in [0.4, 0.5) is 4.39 Å². The van der Waals surface area contributed by atoms with Crippen LogP contribution in [0.5, 0.6) is 0 Å². The van der Waals surface area contributed by atoms with Crippen molar-refractivity contribution in [3.05, 3.63) is 64.9 Å². The topological polar surface area (TPSA) is 24.9 Å². The van der Waals surface area contributed by atoms with E-state index in [4.69, 9.17) is 0 Å². The summed E-state index contributed by atoms with van der Waals surface area (Å²) in [5.74, 6) is -0.198. The van der Waals surface area contributed by atoms with Crippen molar-refractivity contribution >= 4 is 21.6 Å². The fraction of sp³-hybridized carbons (Fsp3) is 0.188. The van der Waals surface area contributed by atoms with E-state index in [0.29, 0.717) is 6.54 Å². The Morgan fingerprint density at radius 2 is 2.05 bits per heavy atom. The van der Waals surface area contributed by atoms with Crippen LogP contribution in [0.2, 0.25) is 0 Å². The SMILES string of the molecule is CC(NCc1nc2ccccc2s1)c1cccc(F)c1. The number of fused-ring (bicyclic) bond motifs is 1. The molecule has 0 bridgehead atoms. The average Bonchev–Trinajstić information content (AvgIpc) is 2.87. The van der Waals surface area contributed by atoms with Gasteiger partial charge >= 0.3 is 0 Å². The summed E-state index contributed by atoms with van der Waals surface area (Å²) >= 11 is 1.69. The lowest BCUT2D eigenvalue weighted by atomic mass is 10.1. The number of aromatic nitrogens is 1. The molecule has 0 amide bonds. The molecule has 1 atom stereocenters. The Morgan fingerprint density at radius 1 is 1.20 bits per heavy atom. The normalized spacial score (nSPS) is 12.7. The van der Waals surface area contributed by atoms with Gasteiger partial charge < -0.3 is 5.32 Å². The molecule has 4 heteroatoms. The quantitative estimate of drug-likeness (QED) is 0.774. The highest BCUT2D eigenvalue weighted by Gasteiger charge is 2.08. The summed E-state index contributed by atoms with van der Waals surface area (Å²) in [5.41, 5.74) is 1.99. The van der Waals surface area contributed by atoms with Crippen molar-refractivity contribution < 1.29 is 4.39 Å². The summed E-state index contributed by atoms with van der Waals surface area (Å²) in [6, 6.07) is 14.9. The Balaban J connectivity index is 1.69. The Bertz CT molecular complexity index is 690. The van der Waals surface area contributed by atoms with Crippen molar-refractivity contribution in [2.75, 3.05) is 0 Å². The van der Waals surface area contributed by atoms with Gasteiger partial charge in [0.05, 0.1) is 10.2 Å². The molecule has 3 rings (SSSR count). The van der Waals surface area contributed by atoms with Crippen molar-refractivity contribution in [1.82, 2.24) is 10.3 Å². The maximum absolute atomic E-state index is 13.2. The van der Waals surface area contributed by atoms with Gasteiger partial charge in [-0.15, -0.1) is 11.3 Å². The van der Waals surface area contributed by atoms with Crippen LogP contribution in [0, 0.1) is 5.82 Å². The highest BCUT2D eigenvalue weighted by molar-refractivity contribution is 7.18. The molecule has 0 fully saturated rings. The van der Waals surface area contributed by atoms with Crippen LogP contribution in [0.25, 0.3) is 10.2 Å². The zero-order valence-electron chi connectivity index (χ0n) is 11.1. The maximum Gasteiger partial charge on any atom is 0.123 e. The zero-order valence-corrected chi connectivity index (χ0v) is 12.0. The first-order valence-corrected chi connectivity index (χ1v) is 7.37. The number of nitrogens with one attached hydrogen (secondary N) is 1. The third-order valence-electron chi connectivity index (χ3n) is 3.25. The second-order valence-corrected chi connectivity index (χ2v) is 5.85. The van der Waals surface area contributed by atoms with Gasteiger partial charge in [0.15, 0.2) is 0 Å². The molecular formula is C16H15FN2S. The minimum atomic E-state index is -0.198. The summed E-state index contributed by atoms with van der Waals surface area (Å²) in [6.07, 6.45) is 0. The van der Waals surface area contributed by atoms with E-state index in [9.17, 15) is 4.39 Å². The van der Waals surface area contributed by atoms with Crippen molar-refractivity contribution in [3.8, 4) is 0 Å². The van der Waals surface area contributed by atoms with Gasteiger partial charge in [-0.2, -0.15) is 0 Å². The summed E-state index contributed by atoms with van der Waals surface area (Å²) in [4.78, 5) is 4.58. The van der Waals surface area contributed by atoms with Gasteiger partial charge in [-0.3, -0.25) is 0 Å². The number of thiazole rings is 1. The van der Waals surface area contributed by atoms with Crippen LogP contribution >= 0.6 is 11.3 Å². The van der Waals surface area contributed by atoms with Gasteiger partial charge in [-0.1, -0.05) is 24.3 Å². The van der Waals surface area contributed by atoms with Crippen LogP contribution in [0.15, 0.2) is 48.5 Å². The molecule has 0 saturated heterocycles. The van der Waals surface area contributed by atoms with Crippen LogP contribution in [-0.2, 0) is 6.54 Å². The van der Waals surface area contributed by atoms with E-state index in [-0.39, 0.29) is 11.9 Å². The molecule has 0 saturated carbocycles. The first-order valence-electron chi connectivity index (χ1n) is 6.55. The molecule has 0 aliphatic carbocycles.